The van der Waals surface area contributed by atoms with Crippen LogP contribution in [0.5, 0.6) is 5.75 Å². The van der Waals surface area contributed by atoms with Crippen molar-refractivity contribution in [3.05, 3.63) is 27.7 Å². The van der Waals surface area contributed by atoms with Gasteiger partial charge in [-0.2, -0.15) is 0 Å². The fourth-order valence-corrected chi connectivity index (χ4v) is 1.50. The zero-order chi connectivity index (χ0) is 10.0. The number of rotatable bonds is 2. The molecule has 0 aliphatic carbocycles. The van der Waals surface area contributed by atoms with Gasteiger partial charge in [-0.25, -0.2) is 0 Å². The Morgan fingerprint density at radius 2 is 1.77 bits per heavy atom. The number of hydrogen-bond acceptors (Lipinski definition) is 3. The van der Waals surface area contributed by atoms with Gasteiger partial charge >= 0.3 is 0 Å². The van der Waals surface area contributed by atoms with Gasteiger partial charge in [0.2, 0.25) is 0 Å². The number of aliphatic hydroxyl groups is 1. The highest BCUT2D eigenvalue weighted by Gasteiger charge is 2.10. The quantitative estimate of drug-likeness (QED) is 0.777. The third kappa shape index (κ3) is 2.31. The number of hydrogen-bond donors (Lipinski definition) is 2. The molecule has 0 aliphatic heterocycles. The van der Waals surface area contributed by atoms with E-state index in [0.29, 0.717) is 5.56 Å². The Balaban J connectivity index is 3.20. The lowest BCUT2D eigenvalue weighted by atomic mass is 10.1. The summed E-state index contributed by atoms with van der Waals surface area (Å²) >= 11 is 15.8. The molecule has 1 atom stereocenters. The van der Waals surface area contributed by atoms with Gasteiger partial charge < -0.3 is 10.2 Å². The Bertz CT molecular complexity index is 318. The van der Waals surface area contributed by atoms with Crippen LogP contribution in [0.1, 0.15) is 11.7 Å². The van der Waals surface area contributed by atoms with Crippen molar-refractivity contribution < 1.29 is 10.2 Å². The molecule has 70 valence electrons. The lowest BCUT2D eigenvalue weighted by Gasteiger charge is -2.07. The summed E-state index contributed by atoms with van der Waals surface area (Å²) in [6.07, 6.45) is -0.898. The first-order valence-corrected chi connectivity index (χ1v) is 4.60. The minimum absolute atomic E-state index is 0.0957. The molecule has 0 amide bonds. The fraction of sp³-hybridized carbons (Fsp3) is 0.125. The predicted octanol–water partition coefficient (Wildman–Crippen LogP) is 2.73. The van der Waals surface area contributed by atoms with Crippen molar-refractivity contribution >= 4 is 40.8 Å². The van der Waals surface area contributed by atoms with E-state index in [4.69, 9.17) is 23.2 Å². The maximum atomic E-state index is 9.31. The van der Waals surface area contributed by atoms with Crippen LogP contribution in [0.2, 0.25) is 10.0 Å². The smallest absolute Gasteiger partial charge is 0.152 e. The molecular weight excluding hydrogens is 231 g/mol. The zero-order valence-corrected chi connectivity index (χ0v) is 8.70. The minimum atomic E-state index is -0.898. The van der Waals surface area contributed by atoms with Crippen molar-refractivity contribution in [1.29, 1.82) is 0 Å². The molecular formula is C8H6Cl2O2S. The first-order chi connectivity index (χ1) is 6.06. The Hall–Kier alpha value is -0.350. The van der Waals surface area contributed by atoms with Crippen LogP contribution in [-0.2, 0) is 0 Å². The average Bonchev–Trinajstić information content (AvgIpc) is 2.12. The number of phenols is 1. The van der Waals surface area contributed by atoms with Crippen LogP contribution in [-0.4, -0.2) is 15.6 Å². The second kappa shape index (κ2) is 4.24. The molecule has 13 heavy (non-hydrogen) atoms. The normalized spacial score (nSPS) is 12.5. The maximum absolute atomic E-state index is 9.31. The lowest BCUT2D eigenvalue weighted by Crippen LogP contribution is -1.96. The molecule has 1 rings (SSSR count). The Labute approximate surface area is 90.7 Å². The summed E-state index contributed by atoms with van der Waals surface area (Å²) in [6, 6.07) is 2.83. The van der Waals surface area contributed by atoms with Crippen LogP contribution in [0.25, 0.3) is 0 Å². The standard InChI is InChI=1S/C8H6Cl2O2S/c9-5-1-4(7(11)3-13)2-6(10)8(5)12/h1-3,7,11-12H. The van der Waals surface area contributed by atoms with Crippen molar-refractivity contribution in [3.8, 4) is 5.75 Å². The van der Waals surface area contributed by atoms with E-state index in [1.807, 2.05) is 0 Å². The van der Waals surface area contributed by atoms with E-state index >= 15 is 0 Å². The van der Waals surface area contributed by atoms with Gasteiger partial charge in [0.1, 0.15) is 6.10 Å². The molecule has 1 aromatic carbocycles. The van der Waals surface area contributed by atoms with Crippen LogP contribution in [0.15, 0.2) is 12.1 Å². The Morgan fingerprint density at radius 1 is 1.31 bits per heavy atom. The molecule has 0 bridgehead atoms. The maximum Gasteiger partial charge on any atom is 0.152 e. The van der Waals surface area contributed by atoms with Crippen LogP contribution < -0.4 is 0 Å². The summed E-state index contributed by atoms with van der Waals surface area (Å²) in [5.41, 5.74) is 0.461. The molecule has 0 saturated carbocycles. The summed E-state index contributed by atoms with van der Waals surface area (Å²) < 4.78 is 0. The number of halogens is 2. The van der Waals surface area contributed by atoms with E-state index < -0.39 is 6.10 Å². The lowest BCUT2D eigenvalue weighted by molar-refractivity contribution is 0.254. The van der Waals surface area contributed by atoms with E-state index in [9.17, 15) is 10.2 Å². The summed E-state index contributed by atoms with van der Waals surface area (Å²) in [5.74, 6) is -0.191. The molecule has 0 fully saturated rings. The topological polar surface area (TPSA) is 40.5 Å². The van der Waals surface area contributed by atoms with Crippen molar-refractivity contribution in [3.63, 3.8) is 0 Å². The number of aromatic hydroxyl groups is 1. The van der Waals surface area contributed by atoms with Gasteiger partial charge in [0, 0.05) is 5.37 Å². The SMILES string of the molecule is Oc1c(Cl)cc(C(O)C=S)cc1Cl. The van der Waals surface area contributed by atoms with E-state index in [1.54, 1.807) is 0 Å². The van der Waals surface area contributed by atoms with Gasteiger partial charge in [0.25, 0.3) is 0 Å². The van der Waals surface area contributed by atoms with E-state index in [0.717, 1.165) is 0 Å². The van der Waals surface area contributed by atoms with Crippen molar-refractivity contribution in [2.75, 3.05) is 0 Å². The van der Waals surface area contributed by atoms with Gasteiger partial charge in [-0.15, -0.1) is 0 Å². The molecule has 2 nitrogen and oxygen atoms in total. The second-order valence-corrected chi connectivity index (χ2v) is 3.50. The average molecular weight is 237 g/mol. The van der Waals surface area contributed by atoms with Gasteiger partial charge in [-0.1, -0.05) is 35.4 Å². The first-order valence-electron chi connectivity index (χ1n) is 3.37. The number of phenolic OH excluding ortho intramolecular Hbond substituents is 1. The molecule has 2 N–H and O–H groups in total. The molecule has 0 radical (unpaired) electrons. The third-order valence-corrected chi connectivity index (χ3v) is 2.34. The number of aliphatic hydroxyl groups excluding tert-OH is 1. The van der Waals surface area contributed by atoms with Gasteiger partial charge in [-0.3, -0.25) is 0 Å². The molecule has 0 spiro atoms. The van der Waals surface area contributed by atoms with E-state index in [-0.39, 0.29) is 15.8 Å². The molecule has 5 heteroatoms. The number of benzene rings is 1. The highest BCUT2D eigenvalue weighted by Crippen LogP contribution is 2.34. The highest BCUT2D eigenvalue weighted by molar-refractivity contribution is 7.79. The zero-order valence-electron chi connectivity index (χ0n) is 6.37. The van der Waals surface area contributed by atoms with Gasteiger partial charge in [0.15, 0.2) is 5.75 Å². The molecule has 0 aliphatic rings. The highest BCUT2D eigenvalue weighted by atomic mass is 35.5. The van der Waals surface area contributed by atoms with E-state index in [2.05, 4.69) is 12.2 Å². The first kappa shape index (κ1) is 10.7. The molecule has 1 unspecified atom stereocenters. The largest absolute Gasteiger partial charge is 0.505 e. The third-order valence-electron chi connectivity index (χ3n) is 1.51. The van der Waals surface area contributed by atoms with Crippen LogP contribution in [0.4, 0.5) is 0 Å². The van der Waals surface area contributed by atoms with Crippen molar-refractivity contribution in [2.45, 2.75) is 6.10 Å². The molecule has 0 aromatic heterocycles. The molecule has 0 saturated heterocycles. The predicted molar refractivity (Wildman–Crippen MR) is 56.7 cm³/mol. The molecule has 1 aromatic rings. The van der Waals surface area contributed by atoms with Crippen molar-refractivity contribution in [2.24, 2.45) is 0 Å². The fourth-order valence-electron chi connectivity index (χ4n) is 0.834. The van der Waals surface area contributed by atoms with Gasteiger partial charge in [0.05, 0.1) is 10.0 Å². The minimum Gasteiger partial charge on any atom is -0.505 e. The van der Waals surface area contributed by atoms with Gasteiger partial charge in [-0.05, 0) is 17.7 Å². The van der Waals surface area contributed by atoms with Crippen LogP contribution in [0.3, 0.4) is 0 Å². The van der Waals surface area contributed by atoms with Crippen LogP contribution >= 0.6 is 35.4 Å². The van der Waals surface area contributed by atoms with Crippen LogP contribution in [0, 0.1) is 0 Å². The van der Waals surface area contributed by atoms with E-state index in [1.165, 1.54) is 17.5 Å². The Kier molecular flexibility index (Phi) is 3.50. The summed E-state index contributed by atoms with van der Waals surface area (Å²) in [4.78, 5) is 0. The molecule has 0 heterocycles. The summed E-state index contributed by atoms with van der Waals surface area (Å²) in [7, 11) is 0. The second-order valence-electron chi connectivity index (χ2n) is 2.41. The monoisotopic (exact) mass is 236 g/mol. The van der Waals surface area contributed by atoms with Crippen molar-refractivity contribution in [1.82, 2.24) is 0 Å². The summed E-state index contributed by atoms with van der Waals surface area (Å²) in [5, 5.41) is 19.9. The Morgan fingerprint density at radius 3 is 2.15 bits per heavy atom. The summed E-state index contributed by atoms with van der Waals surface area (Å²) in [6.45, 7) is 0. The number of thiocarbonyl (C=S) groups is 1.